The number of anilines is 1. The number of benzene rings is 2. The standard InChI is InChI=1S/C27H32N4O2S/c1-18(32)19-11-15-22(16-12-19)28-24(33)17-34-26-30-29-25(31(26)23-7-5-6-8-23)20-9-13-21(14-10-20)27(2,3)4/h9-16,23H,5-8,17H2,1-4H3,(H,28,33). The summed E-state index contributed by atoms with van der Waals surface area (Å²) in [7, 11) is 0. The molecule has 3 aromatic rings. The van der Waals surface area contributed by atoms with Crippen molar-refractivity contribution in [3.05, 3.63) is 59.7 Å². The van der Waals surface area contributed by atoms with E-state index in [1.807, 2.05) is 0 Å². The molecule has 1 heterocycles. The summed E-state index contributed by atoms with van der Waals surface area (Å²) in [6.45, 7) is 8.15. The van der Waals surface area contributed by atoms with Gasteiger partial charge in [-0.2, -0.15) is 0 Å². The second-order valence-electron chi connectivity index (χ2n) is 9.91. The highest BCUT2D eigenvalue weighted by molar-refractivity contribution is 7.99. The predicted molar refractivity (Wildman–Crippen MR) is 137 cm³/mol. The smallest absolute Gasteiger partial charge is 0.234 e. The highest BCUT2D eigenvalue weighted by Gasteiger charge is 2.25. The number of carbonyl (C=O) groups is 2. The van der Waals surface area contributed by atoms with Gasteiger partial charge in [0, 0.05) is 22.9 Å². The van der Waals surface area contributed by atoms with Crippen LogP contribution in [0.1, 0.15) is 75.3 Å². The van der Waals surface area contributed by atoms with Gasteiger partial charge in [0.05, 0.1) is 5.75 Å². The number of hydrogen-bond acceptors (Lipinski definition) is 5. The molecule has 0 atom stereocenters. The van der Waals surface area contributed by atoms with E-state index in [1.165, 1.54) is 37.1 Å². The summed E-state index contributed by atoms with van der Waals surface area (Å²) in [6, 6.07) is 15.9. The Balaban J connectivity index is 1.50. The summed E-state index contributed by atoms with van der Waals surface area (Å²) in [5.41, 5.74) is 3.73. The molecule has 1 saturated carbocycles. The normalized spacial score (nSPS) is 14.4. The van der Waals surface area contributed by atoms with Gasteiger partial charge in [0.15, 0.2) is 16.8 Å². The number of ketones is 1. The molecule has 0 aliphatic heterocycles. The van der Waals surface area contributed by atoms with Crippen LogP contribution in [-0.4, -0.2) is 32.2 Å². The van der Waals surface area contributed by atoms with Gasteiger partial charge in [-0.25, -0.2) is 0 Å². The number of amides is 1. The summed E-state index contributed by atoms with van der Waals surface area (Å²) >= 11 is 1.42. The number of hydrogen-bond donors (Lipinski definition) is 1. The van der Waals surface area contributed by atoms with Crippen LogP contribution in [0.2, 0.25) is 0 Å². The average molecular weight is 477 g/mol. The number of carbonyl (C=O) groups excluding carboxylic acids is 2. The van der Waals surface area contributed by atoms with Gasteiger partial charge in [-0.1, -0.05) is 69.6 Å². The third-order valence-corrected chi connectivity index (χ3v) is 7.21. The highest BCUT2D eigenvalue weighted by atomic mass is 32.2. The van der Waals surface area contributed by atoms with Crippen molar-refractivity contribution in [2.24, 2.45) is 0 Å². The lowest BCUT2D eigenvalue weighted by Gasteiger charge is -2.20. The molecule has 0 saturated heterocycles. The molecule has 1 N–H and O–H groups in total. The maximum absolute atomic E-state index is 12.6. The topological polar surface area (TPSA) is 76.9 Å². The van der Waals surface area contributed by atoms with Crippen molar-refractivity contribution in [1.29, 1.82) is 0 Å². The number of Topliss-reactive ketones (excluding diaryl/α,β-unsaturated/α-hetero) is 1. The molecule has 4 rings (SSSR count). The van der Waals surface area contributed by atoms with Crippen molar-refractivity contribution < 1.29 is 9.59 Å². The van der Waals surface area contributed by atoms with Crippen LogP contribution in [-0.2, 0) is 10.2 Å². The molecule has 1 fully saturated rings. The monoisotopic (exact) mass is 476 g/mol. The maximum atomic E-state index is 12.6. The zero-order valence-corrected chi connectivity index (χ0v) is 21.1. The molecule has 0 spiro atoms. The van der Waals surface area contributed by atoms with Crippen LogP contribution in [0, 0.1) is 0 Å². The number of rotatable bonds is 7. The van der Waals surface area contributed by atoms with Crippen molar-refractivity contribution in [2.75, 3.05) is 11.1 Å². The SMILES string of the molecule is CC(=O)c1ccc(NC(=O)CSc2nnc(-c3ccc(C(C)(C)C)cc3)n2C2CCCC2)cc1. The molecule has 2 aromatic carbocycles. The van der Waals surface area contributed by atoms with Gasteiger partial charge >= 0.3 is 0 Å². The number of nitrogens with one attached hydrogen (secondary N) is 1. The highest BCUT2D eigenvalue weighted by Crippen LogP contribution is 2.37. The van der Waals surface area contributed by atoms with E-state index in [0.717, 1.165) is 29.4 Å². The van der Waals surface area contributed by atoms with Gasteiger partial charge in [-0.15, -0.1) is 10.2 Å². The summed E-state index contributed by atoms with van der Waals surface area (Å²) in [4.78, 5) is 24.0. The van der Waals surface area contributed by atoms with E-state index >= 15 is 0 Å². The Labute approximate surface area is 205 Å². The lowest BCUT2D eigenvalue weighted by atomic mass is 9.86. The van der Waals surface area contributed by atoms with Crippen LogP contribution >= 0.6 is 11.8 Å². The molecule has 1 aliphatic carbocycles. The van der Waals surface area contributed by atoms with Gasteiger partial charge in [-0.3, -0.25) is 14.2 Å². The average Bonchev–Trinajstić information content (AvgIpc) is 3.47. The molecule has 1 aromatic heterocycles. The van der Waals surface area contributed by atoms with Gasteiger partial charge < -0.3 is 5.32 Å². The minimum absolute atomic E-state index is 0.00327. The molecule has 1 amide bonds. The van der Waals surface area contributed by atoms with E-state index in [-0.39, 0.29) is 22.9 Å². The first-order chi connectivity index (χ1) is 16.2. The molecular weight excluding hydrogens is 444 g/mol. The largest absolute Gasteiger partial charge is 0.325 e. The van der Waals surface area contributed by atoms with Crippen LogP contribution in [0.15, 0.2) is 53.7 Å². The van der Waals surface area contributed by atoms with E-state index in [1.54, 1.807) is 24.3 Å². The molecule has 0 radical (unpaired) electrons. The van der Waals surface area contributed by atoms with Crippen LogP contribution in [0.4, 0.5) is 5.69 Å². The van der Waals surface area contributed by atoms with Crippen LogP contribution in [0.25, 0.3) is 11.4 Å². The second-order valence-corrected chi connectivity index (χ2v) is 10.9. The Morgan fingerprint density at radius 3 is 2.24 bits per heavy atom. The predicted octanol–water partition coefficient (Wildman–Crippen LogP) is 6.29. The lowest BCUT2D eigenvalue weighted by Crippen LogP contribution is -2.15. The maximum Gasteiger partial charge on any atom is 0.234 e. The van der Waals surface area contributed by atoms with Crippen LogP contribution in [0.3, 0.4) is 0 Å². The molecule has 1 aliphatic rings. The number of aromatic nitrogens is 3. The molecule has 0 bridgehead atoms. The summed E-state index contributed by atoms with van der Waals surface area (Å²) in [5.74, 6) is 0.999. The third-order valence-electron chi connectivity index (χ3n) is 6.27. The van der Waals surface area contributed by atoms with Crippen molar-refractivity contribution in [2.45, 2.75) is 70.0 Å². The first-order valence-corrected chi connectivity index (χ1v) is 12.8. The summed E-state index contributed by atoms with van der Waals surface area (Å²) < 4.78 is 2.23. The minimum atomic E-state index is -0.113. The number of thioether (sulfide) groups is 1. The molecule has 0 unspecified atom stereocenters. The fourth-order valence-electron chi connectivity index (χ4n) is 4.30. The Morgan fingerprint density at radius 1 is 1.00 bits per heavy atom. The Morgan fingerprint density at radius 2 is 1.65 bits per heavy atom. The van der Waals surface area contributed by atoms with E-state index < -0.39 is 0 Å². The summed E-state index contributed by atoms with van der Waals surface area (Å²) in [5, 5.41) is 12.7. The van der Waals surface area contributed by atoms with Gasteiger partial charge in [0.25, 0.3) is 0 Å². The fraction of sp³-hybridized carbons (Fsp3) is 0.407. The molecule has 178 valence electrons. The van der Waals surface area contributed by atoms with Crippen molar-refractivity contribution >= 4 is 29.1 Å². The second kappa shape index (κ2) is 10.1. The van der Waals surface area contributed by atoms with Crippen molar-refractivity contribution in [3.8, 4) is 11.4 Å². The van der Waals surface area contributed by atoms with Crippen LogP contribution < -0.4 is 5.32 Å². The van der Waals surface area contributed by atoms with E-state index in [0.29, 0.717) is 17.3 Å². The van der Waals surface area contributed by atoms with Crippen molar-refractivity contribution in [3.63, 3.8) is 0 Å². The summed E-state index contributed by atoms with van der Waals surface area (Å²) in [6.07, 6.45) is 4.61. The van der Waals surface area contributed by atoms with Gasteiger partial charge in [-0.05, 0) is 55.0 Å². The number of nitrogens with zero attached hydrogens (tertiary/aromatic N) is 3. The van der Waals surface area contributed by atoms with Gasteiger partial charge in [0.2, 0.25) is 5.91 Å². The molecule has 7 heteroatoms. The van der Waals surface area contributed by atoms with Crippen molar-refractivity contribution in [1.82, 2.24) is 14.8 Å². The zero-order chi connectivity index (χ0) is 24.3. The Kier molecular flexibility index (Phi) is 7.22. The van der Waals surface area contributed by atoms with Crippen LogP contribution in [0.5, 0.6) is 0 Å². The quantitative estimate of drug-likeness (QED) is 0.320. The third kappa shape index (κ3) is 5.58. The van der Waals surface area contributed by atoms with Gasteiger partial charge in [0.1, 0.15) is 0 Å². The van der Waals surface area contributed by atoms with E-state index in [9.17, 15) is 9.59 Å². The van der Waals surface area contributed by atoms with E-state index in [4.69, 9.17) is 0 Å². The molecule has 34 heavy (non-hydrogen) atoms. The van der Waals surface area contributed by atoms with E-state index in [2.05, 4.69) is 65.1 Å². The first-order valence-electron chi connectivity index (χ1n) is 11.8. The first kappa shape index (κ1) is 24.2. The lowest BCUT2D eigenvalue weighted by molar-refractivity contribution is -0.113. The Bertz CT molecular complexity index is 1150. The zero-order valence-electron chi connectivity index (χ0n) is 20.3. The Hall–Kier alpha value is -2.93. The fourth-order valence-corrected chi connectivity index (χ4v) is 5.10. The molecular formula is C27H32N4O2S. The molecule has 6 nitrogen and oxygen atoms in total. The minimum Gasteiger partial charge on any atom is -0.325 e.